The first kappa shape index (κ1) is 16.5. The van der Waals surface area contributed by atoms with Crippen molar-refractivity contribution in [2.45, 2.75) is 19.8 Å². The van der Waals surface area contributed by atoms with Crippen molar-refractivity contribution < 1.29 is 9.47 Å². The third-order valence-corrected chi connectivity index (χ3v) is 3.44. The highest BCUT2D eigenvalue weighted by molar-refractivity contribution is 6.32. The highest BCUT2D eigenvalue weighted by atomic mass is 35.5. The van der Waals surface area contributed by atoms with Crippen molar-refractivity contribution in [3.63, 3.8) is 0 Å². The van der Waals surface area contributed by atoms with Crippen LogP contribution < -0.4 is 14.8 Å². The summed E-state index contributed by atoms with van der Waals surface area (Å²) >= 11 is 6.04. The van der Waals surface area contributed by atoms with E-state index in [0.717, 1.165) is 30.9 Å². The second-order valence-corrected chi connectivity index (χ2v) is 5.34. The van der Waals surface area contributed by atoms with Gasteiger partial charge in [0.05, 0.1) is 11.6 Å². The molecule has 3 nitrogen and oxygen atoms in total. The number of anilines is 1. The molecule has 0 saturated carbocycles. The topological polar surface area (TPSA) is 30.5 Å². The Bertz CT molecular complexity index is 575. The van der Waals surface area contributed by atoms with Gasteiger partial charge in [-0.2, -0.15) is 0 Å². The molecule has 0 saturated heterocycles. The molecule has 0 aromatic heterocycles. The zero-order valence-corrected chi connectivity index (χ0v) is 13.6. The third-order valence-electron chi connectivity index (χ3n) is 3.13. The highest BCUT2D eigenvalue weighted by Gasteiger charge is 2.00. The predicted octanol–water partition coefficient (Wildman–Crippen LogP) is 5.01. The summed E-state index contributed by atoms with van der Waals surface area (Å²) in [5.74, 6) is 1.60. The molecule has 4 heteroatoms. The van der Waals surface area contributed by atoms with E-state index in [1.165, 1.54) is 0 Å². The molecule has 0 aliphatic rings. The lowest BCUT2D eigenvalue weighted by Crippen LogP contribution is -2.11. The molecule has 0 fully saturated rings. The van der Waals surface area contributed by atoms with Crippen molar-refractivity contribution in [2.24, 2.45) is 0 Å². The van der Waals surface area contributed by atoms with Gasteiger partial charge in [0.25, 0.3) is 0 Å². The van der Waals surface area contributed by atoms with Gasteiger partial charge in [0.15, 0.2) is 0 Å². The van der Waals surface area contributed by atoms with E-state index >= 15 is 0 Å². The molecule has 2 aromatic carbocycles. The summed E-state index contributed by atoms with van der Waals surface area (Å²) in [6.45, 7) is 4.16. The van der Waals surface area contributed by atoms with Crippen LogP contribution >= 0.6 is 11.6 Å². The van der Waals surface area contributed by atoms with E-state index in [1.54, 1.807) is 0 Å². The monoisotopic (exact) mass is 319 g/mol. The van der Waals surface area contributed by atoms with E-state index in [-0.39, 0.29) is 0 Å². The maximum Gasteiger partial charge on any atom is 0.137 e. The van der Waals surface area contributed by atoms with E-state index in [1.807, 2.05) is 48.5 Å². The standard InChI is InChI=1S/C18H22ClNO2/c1-2-3-12-21-16-8-6-7-15(14-16)20-11-13-22-18-10-5-4-9-17(18)19/h4-10,14,20H,2-3,11-13H2,1H3. The third kappa shape index (κ3) is 5.49. The molecule has 0 radical (unpaired) electrons. The van der Waals surface area contributed by atoms with Crippen LogP contribution in [0, 0.1) is 0 Å². The summed E-state index contributed by atoms with van der Waals surface area (Å²) in [5, 5.41) is 3.95. The zero-order valence-electron chi connectivity index (χ0n) is 12.8. The first-order valence-corrected chi connectivity index (χ1v) is 8.01. The maximum absolute atomic E-state index is 6.04. The second kappa shape index (κ2) is 9.21. The minimum Gasteiger partial charge on any atom is -0.494 e. The molecule has 0 aliphatic heterocycles. The minimum atomic E-state index is 0.546. The van der Waals surface area contributed by atoms with Crippen LogP contribution in [-0.4, -0.2) is 19.8 Å². The van der Waals surface area contributed by atoms with Crippen LogP contribution in [0.5, 0.6) is 11.5 Å². The van der Waals surface area contributed by atoms with Crippen LogP contribution in [0.1, 0.15) is 19.8 Å². The molecule has 1 N–H and O–H groups in total. The normalized spacial score (nSPS) is 10.3. The maximum atomic E-state index is 6.04. The first-order valence-electron chi connectivity index (χ1n) is 7.63. The van der Waals surface area contributed by atoms with Crippen molar-refractivity contribution in [2.75, 3.05) is 25.1 Å². The molecule has 0 bridgehead atoms. The van der Waals surface area contributed by atoms with Crippen LogP contribution in [0.25, 0.3) is 0 Å². The van der Waals surface area contributed by atoms with E-state index in [2.05, 4.69) is 12.2 Å². The number of rotatable bonds is 9. The summed E-state index contributed by atoms with van der Waals surface area (Å²) in [7, 11) is 0. The van der Waals surface area contributed by atoms with Gasteiger partial charge < -0.3 is 14.8 Å². The van der Waals surface area contributed by atoms with Gasteiger partial charge in [0, 0.05) is 18.3 Å². The fourth-order valence-corrected chi connectivity index (χ4v) is 2.14. The number of unbranched alkanes of at least 4 members (excludes halogenated alkanes) is 1. The molecule has 0 spiro atoms. The van der Waals surface area contributed by atoms with Crippen LogP contribution in [0.3, 0.4) is 0 Å². The smallest absolute Gasteiger partial charge is 0.137 e. The number of hydrogen-bond acceptors (Lipinski definition) is 3. The van der Waals surface area contributed by atoms with Crippen molar-refractivity contribution in [3.8, 4) is 11.5 Å². The lowest BCUT2D eigenvalue weighted by molar-refractivity contribution is 0.309. The minimum absolute atomic E-state index is 0.546. The molecule has 0 atom stereocenters. The van der Waals surface area contributed by atoms with Crippen LogP contribution in [-0.2, 0) is 0 Å². The van der Waals surface area contributed by atoms with E-state index < -0.39 is 0 Å². The molecule has 0 amide bonds. The molecule has 0 aliphatic carbocycles. The molecular weight excluding hydrogens is 298 g/mol. The largest absolute Gasteiger partial charge is 0.494 e. The number of para-hydroxylation sites is 1. The van der Waals surface area contributed by atoms with Crippen molar-refractivity contribution in [1.29, 1.82) is 0 Å². The summed E-state index contributed by atoms with van der Waals surface area (Å²) in [5.41, 5.74) is 1.02. The van der Waals surface area contributed by atoms with Gasteiger partial charge in [-0.05, 0) is 30.7 Å². The molecule has 2 aromatic rings. The van der Waals surface area contributed by atoms with Gasteiger partial charge in [0.2, 0.25) is 0 Å². The van der Waals surface area contributed by atoms with Crippen molar-refractivity contribution >= 4 is 17.3 Å². The van der Waals surface area contributed by atoms with Gasteiger partial charge in [-0.15, -0.1) is 0 Å². The quantitative estimate of drug-likeness (QED) is 0.659. The zero-order chi connectivity index (χ0) is 15.6. The Hall–Kier alpha value is -1.87. The average Bonchev–Trinajstić information content (AvgIpc) is 2.54. The van der Waals surface area contributed by atoms with E-state index in [9.17, 15) is 0 Å². The number of nitrogens with one attached hydrogen (secondary N) is 1. The fourth-order valence-electron chi connectivity index (χ4n) is 1.95. The van der Waals surface area contributed by atoms with Crippen LogP contribution in [0.15, 0.2) is 48.5 Å². The van der Waals surface area contributed by atoms with Gasteiger partial charge in [-0.3, -0.25) is 0 Å². The molecular formula is C18H22ClNO2. The summed E-state index contributed by atoms with van der Waals surface area (Å²) in [6, 6.07) is 15.5. The number of benzene rings is 2. The lowest BCUT2D eigenvalue weighted by Gasteiger charge is -2.11. The van der Waals surface area contributed by atoms with Crippen LogP contribution in [0.2, 0.25) is 5.02 Å². The highest BCUT2D eigenvalue weighted by Crippen LogP contribution is 2.23. The Morgan fingerprint density at radius 2 is 1.86 bits per heavy atom. The SMILES string of the molecule is CCCCOc1cccc(NCCOc2ccccc2Cl)c1. The summed E-state index contributed by atoms with van der Waals surface area (Å²) in [6.07, 6.45) is 2.21. The van der Waals surface area contributed by atoms with Gasteiger partial charge in [-0.1, -0.05) is 43.1 Å². The predicted molar refractivity (Wildman–Crippen MR) is 92.3 cm³/mol. The Morgan fingerprint density at radius 1 is 1.00 bits per heavy atom. The Morgan fingerprint density at radius 3 is 2.68 bits per heavy atom. The van der Waals surface area contributed by atoms with Crippen molar-refractivity contribution in [3.05, 3.63) is 53.6 Å². The summed E-state index contributed by atoms with van der Waals surface area (Å²) < 4.78 is 11.3. The first-order chi connectivity index (χ1) is 10.8. The fraction of sp³-hybridized carbons (Fsp3) is 0.333. The second-order valence-electron chi connectivity index (χ2n) is 4.94. The Labute approximate surface area is 137 Å². The van der Waals surface area contributed by atoms with E-state index in [4.69, 9.17) is 21.1 Å². The number of ether oxygens (including phenoxy) is 2. The number of hydrogen-bond donors (Lipinski definition) is 1. The van der Waals surface area contributed by atoms with Crippen LogP contribution in [0.4, 0.5) is 5.69 Å². The number of halogens is 1. The van der Waals surface area contributed by atoms with Crippen molar-refractivity contribution in [1.82, 2.24) is 0 Å². The molecule has 0 unspecified atom stereocenters. The Balaban J connectivity index is 1.75. The van der Waals surface area contributed by atoms with Gasteiger partial charge >= 0.3 is 0 Å². The molecule has 2 rings (SSSR count). The molecule has 0 heterocycles. The van der Waals surface area contributed by atoms with Gasteiger partial charge in [-0.25, -0.2) is 0 Å². The van der Waals surface area contributed by atoms with E-state index in [0.29, 0.717) is 23.9 Å². The molecule has 118 valence electrons. The lowest BCUT2D eigenvalue weighted by atomic mass is 10.3. The molecule has 22 heavy (non-hydrogen) atoms. The Kier molecular flexibility index (Phi) is 6.91. The van der Waals surface area contributed by atoms with Gasteiger partial charge in [0.1, 0.15) is 18.1 Å². The summed E-state index contributed by atoms with van der Waals surface area (Å²) in [4.78, 5) is 0. The average molecular weight is 320 g/mol.